The molecule has 0 aromatic heterocycles. The zero-order chi connectivity index (χ0) is 30.9. The van der Waals surface area contributed by atoms with Crippen molar-refractivity contribution in [3.8, 4) is 0 Å². The Morgan fingerprint density at radius 1 is 0.951 bits per heavy atom. The zero-order valence-electron chi connectivity index (χ0n) is 24.9. The number of aliphatic hydroxyl groups is 4. The Morgan fingerprint density at radius 3 is 2.12 bits per heavy atom. The number of nitrogens with two attached hydrogens (primary N) is 1. The molecular formula is C28H52N2O11. The fourth-order valence-electron chi connectivity index (χ4n) is 6.10. The van der Waals surface area contributed by atoms with Gasteiger partial charge in [-0.15, -0.1) is 0 Å². The molecule has 2 saturated heterocycles. The topological polar surface area (TPSA) is 210 Å². The van der Waals surface area contributed by atoms with Crippen LogP contribution in [0, 0.1) is 17.8 Å². The lowest BCUT2D eigenvalue weighted by Crippen LogP contribution is -2.69. The number of rotatable bonds is 16. The van der Waals surface area contributed by atoms with Gasteiger partial charge in [-0.3, -0.25) is 0 Å². The van der Waals surface area contributed by atoms with Gasteiger partial charge in [-0.1, -0.05) is 66.7 Å². The minimum atomic E-state index is -1.75. The van der Waals surface area contributed by atoms with Crippen molar-refractivity contribution in [3.63, 3.8) is 0 Å². The molecule has 2 fully saturated rings. The predicted octanol–water partition coefficient (Wildman–Crippen LogP) is 0.734. The molecule has 41 heavy (non-hydrogen) atoms. The van der Waals surface area contributed by atoms with Crippen molar-refractivity contribution in [2.24, 2.45) is 23.5 Å². The Hall–Kier alpha value is -1.58. The number of urea groups is 1. The lowest BCUT2D eigenvalue weighted by Gasteiger charge is -2.49. The molecule has 9 unspecified atom stereocenters. The van der Waals surface area contributed by atoms with Gasteiger partial charge < -0.3 is 55.5 Å². The lowest BCUT2D eigenvalue weighted by atomic mass is 9.78. The molecule has 0 saturated carbocycles. The van der Waals surface area contributed by atoms with E-state index in [-0.39, 0.29) is 24.4 Å². The summed E-state index contributed by atoms with van der Waals surface area (Å²) in [5.74, 6) is -1.29. The van der Waals surface area contributed by atoms with Crippen molar-refractivity contribution in [2.75, 3.05) is 13.2 Å². The molecule has 0 spiro atoms. The standard InChI is InChI=1S/C28H52N2O11/c1-6-10-15(8-3)13-38-24-20(33)21(34)27(41-25(24)26(35)36)40-23-18(30-28(29)37)22(39-17(12-31)19(23)32)14(5)16(9-4)11-7-2/h14-25,27,31-34H,6-13H2,1-5H3,(H,35,36)(H3,29,30,37)/t14-,15?,16?,17?,18?,19-,20?,21?,22?,23?,24+,25?,27-/m1/s1. The van der Waals surface area contributed by atoms with Crippen molar-refractivity contribution in [3.05, 3.63) is 0 Å². The number of aliphatic carboxylic acids is 1. The second-order valence-electron chi connectivity index (χ2n) is 11.4. The van der Waals surface area contributed by atoms with Crippen LogP contribution in [-0.2, 0) is 23.7 Å². The number of carbonyl (C=O) groups is 2. The largest absolute Gasteiger partial charge is 0.479 e. The molecule has 2 aliphatic rings. The number of nitrogens with one attached hydrogen (secondary N) is 1. The van der Waals surface area contributed by atoms with Crippen molar-refractivity contribution in [2.45, 2.75) is 134 Å². The SMILES string of the molecule is CCCC(CC)CO[C@@H]1C(C(=O)O)O[C@@H](OC2C(NC(N)=O)C([C@H](C)C(CC)CCC)OC(CO)[C@H]2O)C(O)C1O. The van der Waals surface area contributed by atoms with E-state index in [4.69, 9.17) is 24.7 Å². The summed E-state index contributed by atoms with van der Waals surface area (Å²) in [6.07, 6.45) is -7.80. The van der Waals surface area contributed by atoms with Crippen LogP contribution in [0.4, 0.5) is 4.79 Å². The highest BCUT2D eigenvalue weighted by molar-refractivity contribution is 5.73. The smallest absolute Gasteiger partial charge is 0.335 e. The van der Waals surface area contributed by atoms with Crippen molar-refractivity contribution >= 4 is 12.0 Å². The first-order valence-corrected chi connectivity index (χ1v) is 15.0. The fourth-order valence-corrected chi connectivity index (χ4v) is 6.10. The van der Waals surface area contributed by atoms with Crippen LogP contribution < -0.4 is 11.1 Å². The van der Waals surface area contributed by atoms with Crippen LogP contribution in [0.1, 0.15) is 73.1 Å². The normalized spacial score (nSPS) is 36.3. The van der Waals surface area contributed by atoms with Crippen molar-refractivity contribution in [1.82, 2.24) is 5.32 Å². The summed E-state index contributed by atoms with van der Waals surface area (Å²) >= 11 is 0. The van der Waals surface area contributed by atoms with Crippen molar-refractivity contribution in [1.29, 1.82) is 0 Å². The summed E-state index contributed by atoms with van der Waals surface area (Å²) in [7, 11) is 0. The van der Waals surface area contributed by atoms with Gasteiger partial charge in [-0.2, -0.15) is 0 Å². The van der Waals surface area contributed by atoms with Gasteiger partial charge in [0.15, 0.2) is 12.4 Å². The maximum Gasteiger partial charge on any atom is 0.335 e. The van der Waals surface area contributed by atoms with E-state index >= 15 is 0 Å². The Balaban J connectivity index is 2.36. The highest BCUT2D eigenvalue weighted by Gasteiger charge is 2.54. The van der Waals surface area contributed by atoms with E-state index in [1.807, 2.05) is 27.7 Å². The van der Waals surface area contributed by atoms with Crippen LogP contribution in [0.5, 0.6) is 0 Å². The molecule has 8 N–H and O–H groups in total. The van der Waals surface area contributed by atoms with Gasteiger partial charge in [0.2, 0.25) is 0 Å². The quantitative estimate of drug-likeness (QED) is 0.133. The van der Waals surface area contributed by atoms with E-state index in [0.29, 0.717) is 0 Å². The number of aliphatic hydroxyl groups excluding tert-OH is 4. The van der Waals surface area contributed by atoms with E-state index in [0.717, 1.165) is 38.5 Å². The third-order valence-corrected chi connectivity index (χ3v) is 8.57. The second-order valence-corrected chi connectivity index (χ2v) is 11.4. The zero-order valence-corrected chi connectivity index (χ0v) is 24.9. The summed E-state index contributed by atoms with van der Waals surface area (Å²) in [5, 5.41) is 55.5. The van der Waals surface area contributed by atoms with E-state index in [1.54, 1.807) is 0 Å². The number of hydrogen-bond acceptors (Lipinski definition) is 10. The van der Waals surface area contributed by atoms with Crippen LogP contribution in [0.3, 0.4) is 0 Å². The van der Waals surface area contributed by atoms with Crippen LogP contribution in [0.25, 0.3) is 0 Å². The molecule has 0 aliphatic carbocycles. The minimum absolute atomic E-state index is 0.139. The molecule has 0 bridgehead atoms. The number of carboxylic acids is 1. The molecule has 0 radical (unpaired) electrons. The summed E-state index contributed by atoms with van der Waals surface area (Å²) in [6, 6.07) is -1.96. The number of ether oxygens (including phenoxy) is 4. The molecule has 13 nitrogen and oxygen atoms in total. The summed E-state index contributed by atoms with van der Waals surface area (Å²) < 4.78 is 23.4. The van der Waals surface area contributed by atoms with Crippen LogP contribution in [0.2, 0.25) is 0 Å². The number of primary amides is 1. The molecular weight excluding hydrogens is 540 g/mol. The maximum absolute atomic E-state index is 12.1. The van der Waals surface area contributed by atoms with E-state index in [1.165, 1.54) is 0 Å². The highest BCUT2D eigenvalue weighted by Crippen LogP contribution is 2.36. The molecule has 0 aromatic carbocycles. The number of carbonyl (C=O) groups excluding carboxylic acids is 1. The number of carboxylic acid groups (broad SMARTS) is 1. The maximum atomic E-state index is 12.1. The highest BCUT2D eigenvalue weighted by atomic mass is 16.7. The van der Waals surface area contributed by atoms with Gasteiger partial charge in [0, 0.05) is 0 Å². The van der Waals surface area contributed by atoms with Gasteiger partial charge in [0.25, 0.3) is 0 Å². The first kappa shape index (κ1) is 35.6. The molecule has 2 amide bonds. The average Bonchev–Trinajstić information content (AvgIpc) is 2.93. The molecule has 2 aliphatic heterocycles. The lowest BCUT2D eigenvalue weighted by molar-refractivity contribution is -0.332. The summed E-state index contributed by atoms with van der Waals surface area (Å²) in [6.45, 7) is 9.64. The third-order valence-electron chi connectivity index (χ3n) is 8.57. The number of hydrogen-bond donors (Lipinski definition) is 7. The molecule has 240 valence electrons. The third kappa shape index (κ3) is 8.96. The monoisotopic (exact) mass is 592 g/mol. The fraction of sp³-hybridized carbons (Fsp3) is 0.929. The van der Waals surface area contributed by atoms with E-state index in [2.05, 4.69) is 12.2 Å². The Labute approximate surface area is 242 Å². The van der Waals surface area contributed by atoms with Crippen LogP contribution >= 0.6 is 0 Å². The van der Waals surface area contributed by atoms with Gasteiger partial charge in [-0.05, 0) is 24.2 Å². The van der Waals surface area contributed by atoms with Crippen molar-refractivity contribution < 1.29 is 54.1 Å². The molecule has 13 atom stereocenters. The average molecular weight is 593 g/mol. The van der Waals surface area contributed by atoms with Gasteiger partial charge in [-0.25, -0.2) is 9.59 Å². The summed E-state index contributed by atoms with van der Waals surface area (Å²) in [5.41, 5.74) is 5.47. The first-order chi connectivity index (χ1) is 19.4. The Bertz CT molecular complexity index is 805. The summed E-state index contributed by atoms with van der Waals surface area (Å²) in [4.78, 5) is 24.2. The first-order valence-electron chi connectivity index (χ1n) is 15.0. The van der Waals surface area contributed by atoms with E-state index in [9.17, 15) is 35.1 Å². The van der Waals surface area contributed by atoms with Gasteiger partial charge in [0.05, 0.1) is 25.4 Å². The molecule has 0 aromatic rings. The Kier molecular flexibility index (Phi) is 14.7. The Morgan fingerprint density at radius 2 is 1.61 bits per heavy atom. The second kappa shape index (κ2) is 16.9. The molecule has 2 rings (SSSR count). The van der Waals surface area contributed by atoms with E-state index < -0.39 is 79.8 Å². The number of amides is 2. The molecule has 2 heterocycles. The minimum Gasteiger partial charge on any atom is -0.479 e. The van der Waals surface area contributed by atoms with Gasteiger partial charge in [0.1, 0.15) is 36.6 Å². The van der Waals surface area contributed by atoms with Crippen LogP contribution in [0.15, 0.2) is 0 Å². The predicted molar refractivity (Wildman–Crippen MR) is 148 cm³/mol. The molecule has 13 heteroatoms. The van der Waals surface area contributed by atoms with Crippen LogP contribution in [-0.4, -0.2) is 112 Å². The van der Waals surface area contributed by atoms with Gasteiger partial charge >= 0.3 is 12.0 Å².